The molecule has 0 bridgehead atoms. The van der Waals surface area contributed by atoms with Crippen molar-refractivity contribution in [2.75, 3.05) is 36.4 Å². The highest BCUT2D eigenvalue weighted by Gasteiger charge is 2.24. The fourth-order valence-corrected chi connectivity index (χ4v) is 4.66. The van der Waals surface area contributed by atoms with E-state index in [4.69, 9.17) is 23.8 Å². The van der Waals surface area contributed by atoms with Gasteiger partial charge in [-0.15, -0.1) is 11.3 Å². The number of nitrogens with one attached hydrogen (secondary N) is 2. The van der Waals surface area contributed by atoms with Gasteiger partial charge in [0, 0.05) is 38.3 Å². The maximum Gasteiger partial charge on any atom is 0.264 e. The monoisotopic (exact) mass is 478 g/mol. The van der Waals surface area contributed by atoms with Crippen molar-refractivity contribution in [3.05, 3.63) is 45.6 Å². The first-order chi connectivity index (χ1) is 15.0. The van der Waals surface area contributed by atoms with E-state index < -0.39 is 0 Å². The van der Waals surface area contributed by atoms with Crippen LogP contribution in [0.4, 0.5) is 11.4 Å². The lowest BCUT2D eigenvalue weighted by molar-refractivity contribution is -0.119. The van der Waals surface area contributed by atoms with Gasteiger partial charge in [0.25, 0.3) is 5.91 Å². The van der Waals surface area contributed by atoms with Crippen molar-refractivity contribution >= 4 is 63.5 Å². The van der Waals surface area contributed by atoms with E-state index in [0.29, 0.717) is 24.5 Å². The van der Waals surface area contributed by atoms with E-state index in [9.17, 15) is 9.59 Å². The van der Waals surface area contributed by atoms with Crippen LogP contribution in [-0.4, -0.2) is 48.0 Å². The number of halogens is 1. The largest absolute Gasteiger partial charge is 0.367 e. The van der Waals surface area contributed by atoms with Gasteiger partial charge in [0.1, 0.15) is 0 Å². The molecule has 0 saturated carbocycles. The van der Waals surface area contributed by atoms with Crippen LogP contribution in [0.15, 0.2) is 35.7 Å². The fraction of sp³-hybridized carbons (Fsp3) is 0.409. The van der Waals surface area contributed by atoms with Gasteiger partial charge < -0.3 is 20.4 Å². The van der Waals surface area contributed by atoms with Gasteiger partial charge in [-0.3, -0.25) is 9.59 Å². The molecule has 2 N–H and O–H groups in total. The highest BCUT2D eigenvalue weighted by atomic mass is 35.5. The Labute approximate surface area is 197 Å². The predicted molar refractivity (Wildman–Crippen MR) is 132 cm³/mol. The summed E-state index contributed by atoms with van der Waals surface area (Å²) < 4.78 is 0. The van der Waals surface area contributed by atoms with Crippen LogP contribution in [0.1, 0.15) is 42.3 Å². The van der Waals surface area contributed by atoms with E-state index in [1.807, 2.05) is 34.5 Å². The van der Waals surface area contributed by atoms with Crippen LogP contribution >= 0.6 is 35.2 Å². The number of hydrogen-bond donors (Lipinski definition) is 2. The SMILES string of the molecule is CCCCCC(=O)NC(=S)Nc1ccc(N2CCN(C(=O)c3cccs3)CC2)c(Cl)c1. The Bertz CT molecular complexity index is 912. The van der Waals surface area contributed by atoms with Crippen molar-refractivity contribution in [1.82, 2.24) is 10.2 Å². The molecule has 1 aromatic heterocycles. The number of carbonyl (C=O) groups excluding carboxylic acids is 2. The highest BCUT2D eigenvalue weighted by Crippen LogP contribution is 2.30. The summed E-state index contributed by atoms with van der Waals surface area (Å²) in [5, 5.41) is 8.51. The van der Waals surface area contributed by atoms with Crippen molar-refractivity contribution in [3.63, 3.8) is 0 Å². The molecule has 1 aliphatic rings. The second kappa shape index (κ2) is 11.5. The van der Waals surface area contributed by atoms with Crippen LogP contribution in [-0.2, 0) is 4.79 Å². The molecule has 2 amide bonds. The summed E-state index contributed by atoms with van der Waals surface area (Å²) >= 11 is 13.2. The third-order valence-electron chi connectivity index (χ3n) is 5.11. The van der Waals surface area contributed by atoms with E-state index in [1.165, 1.54) is 11.3 Å². The molecule has 1 saturated heterocycles. The Balaban J connectivity index is 1.51. The number of nitrogens with zero attached hydrogens (tertiary/aromatic N) is 2. The standard InChI is InChI=1S/C22H27ClN4O2S2/c1-2-3-4-7-20(28)25-22(30)24-16-8-9-18(17(23)15-16)26-10-12-27(13-11-26)21(29)19-6-5-14-31-19/h5-6,8-9,14-15H,2-4,7,10-13H2,1H3,(H2,24,25,28,30). The summed E-state index contributed by atoms with van der Waals surface area (Å²) in [6, 6.07) is 9.38. The van der Waals surface area contributed by atoms with Crippen molar-refractivity contribution in [1.29, 1.82) is 0 Å². The van der Waals surface area contributed by atoms with Gasteiger partial charge in [-0.2, -0.15) is 0 Å². The minimum atomic E-state index is -0.0800. The zero-order valence-electron chi connectivity index (χ0n) is 17.5. The zero-order valence-corrected chi connectivity index (χ0v) is 19.9. The molecule has 0 radical (unpaired) electrons. The molecule has 1 aromatic carbocycles. The third-order valence-corrected chi connectivity index (χ3v) is 6.47. The molecular formula is C22H27ClN4O2S2. The van der Waals surface area contributed by atoms with Gasteiger partial charge in [0.15, 0.2) is 5.11 Å². The topological polar surface area (TPSA) is 64.7 Å². The van der Waals surface area contributed by atoms with E-state index in [0.717, 1.165) is 48.6 Å². The van der Waals surface area contributed by atoms with E-state index in [1.54, 1.807) is 6.07 Å². The normalized spacial score (nSPS) is 13.7. The van der Waals surface area contributed by atoms with Crippen molar-refractivity contribution < 1.29 is 9.59 Å². The number of thiocarbonyl (C=S) groups is 1. The minimum absolute atomic E-state index is 0.0800. The Morgan fingerprint density at radius 2 is 1.94 bits per heavy atom. The van der Waals surface area contributed by atoms with Crippen LogP contribution in [0.5, 0.6) is 0 Å². The number of hydrogen-bond acceptors (Lipinski definition) is 5. The number of thiophene rings is 1. The Morgan fingerprint density at radius 3 is 2.58 bits per heavy atom. The quantitative estimate of drug-likeness (QED) is 0.443. The summed E-state index contributed by atoms with van der Waals surface area (Å²) in [4.78, 5) is 29.2. The van der Waals surface area contributed by atoms with Crippen LogP contribution in [0.25, 0.3) is 0 Å². The van der Waals surface area contributed by atoms with Gasteiger partial charge in [-0.1, -0.05) is 37.4 Å². The van der Waals surface area contributed by atoms with Crippen molar-refractivity contribution in [2.24, 2.45) is 0 Å². The molecular weight excluding hydrogens is 452 g/mol. The van der Waals surface area contributed by atoms with E-state index in [2.05, 4.69) is 22.5 Å². The molecule has 0 atom stereocenters. The summed E-state index contributed by atoms with van der Waals surface area (Å²) in [5.74, 6) is 0.00850. The number of anilines is 2. The number of unbranched alkanes of at least 4 members (excludes halogenated alkanes) is 2. The number of amides is 2. The first-order valence-electron chi connectivity index (χ1n) is 10.5. The van der Waals surface area contributed by atoms with Crippen LogP contribution in [0.3, 0.4) is 0 Å². The molecule has 0 spiro atoms. The van der Waals surface area contributed by atoms with E-state index in [-0.39, 0.29) is 16.9 Å². The van der Waals surface area contributed by atoms with Crippen molar-refractivity contribution in [2.45, 2.75) is 32.6 Å². The van der Waals surface area contributed by atoms with Gasteiger partial charge in [-0.05, 0) is 48.3 Å². The second-order valence-electron chi connectivity index (χ2n) is 7.38. The summed E-state index contributed by atoms with van der Waals surface area (Å²) in [6.07, 6.45) is 3.43. The van der Waals surface area contributed by atoms with E-state index >= 15 is 0 Å². The summed E-state index contributed by atoms with van der Waals surface area (Å²) in [6.45, 7) is 4.84. The number of carbonyl (C=O) groups is 2. The summed E-state index contributed by atoms with van der Waals surface area (Å²) in [7, 11) is 0. The maximum atomic E-state index is 12.5. The lowest BCUT2D eigenvalue weighted by atomic mass is 10.2. The zero-order chi connectivity index (χ0) is 22.2. The Kier molecular flexibility index (Phi) is 8.69. The third kappa shape index (κ3) is 6.66. The Morgan fingerprint density at radius 1 is 1.16 bits per heavy atom. The molecule has 1 aliphatic heterocycles. The first-order valence-corrected chi connectivity index (χ1v) is 12.1. The number of piperazine rings is 1. The first kappa shape index (κ1) is 23.5. The molecule has 2 heterocycles. The lowest BCUT2D eigenvalue weighted by Gasteiger charge is -2.36. The molecule has 1 fully saturated rings. The molecule has 166 valence electrons. The van der Waals surface area contributed by atoms with Gasteiger partial charge in [0.05, 0.1) is 15.6 Å². The molecule has 9 heteroatoms. The van der Waals surface area contributed by atoms with Crippen LogP contribution in [0.2, 0.25) is 5.02 Å². The molecule has 3 rings (SSSR count). The molecule has 0 aliphatic carbocycles. The van der Waals surface area contributed by atoms with Gasteiger partial charge >= 0.3 is 0 Å². The Hall–Kier alpha value is -2.16. The maximum absolute atomic E-state index is 12.5. The molecule has 2 aromatic rings. The predicted octanol–water partition coefficient (Wildman–Crippen LogP) is 4.76. The number of benzene rings is 1. The minimum Gasteiger partial charge on any atom is -0.367 e. The fourth-order valence-electron chi connectivity index (χ4n) is 3.43. The smallest absolute Gasteiger partial charge is 0.264 e. The second-order valence-corrected chi connectivity index (χ2v) is 9.15. The molecule has 0 unspecified atom stereocenters. The van der Waals surface area contributed by atoms with Gasteiger partial charge in [0.2, 0.25) is 5.91 Å². The van der Waals surface area contributed by atoms with Crippen molar-refractivity contribution in [3.8, 4) is 0 Å². The highest BCUT2D eigenvalue weighted by molar-refractivity contribution is 7.80. The number of rotatable bonds is 7. The van der Waals surface area contributed by atoms with Gasteiger partial charge in [-0.25, -0.2) is 0 Å². The molecule has 31 heavy (non-hydrogen) atoms. The van der Waals surface area contributed by atoms with Crippen LogP contribution in [0, 0.1) is 0 Å². The average molecular weight is 479 g/mol. The lowest BCUT2D eigenvalue weighted by Crippen LogP contribution is -2.48. The average Bonchev–Trinajstić information content (AvgIpc) is 3.28. The van der Waals surface area contributed by atoms with Crippen LogP contribution < -0.4 is 15.5 Å². The summed E-state index contributed by atoms with van der Waals surface area (Å²) in [5.41, 5.74) is 1.64. The molecule has 6 nitrogen and oxygen atoms in total.